The van der Waals surface area contributed by atoms with Gasteiger partial charge in [-0.1, -0.05) is 5.16 Å². The molecule has 6 heteroatoms. The number of methoxy groups -OCH3 is 1. The molecule has 1 aliphatic rings. The zero-order valence-corrected chi connectivity index (χ0v) is 10.8. The van der Waals surface area contributed by atoms with Crippen LogP contribution in [0.2, 0.25) is 0 Å². The van der Waals surface area contributed by atoms with E-state index < -0.39 is 0 Å². The lowest BCUT2D eigenvalue weighted by Gasteiger charge is -2.22. The molecule has 0 amide bonds. The second kappa shape index (κ2) is 6.82. The number of aliphatic hydroxyl groups is 1. The van der Waals surface area contributed by atoms with Gasteiger partial charge in [0.05, 0.1) is 6.54 Å². The zero-order valence-electron chi connectivity index (χ0n) is 10.8. The van der Waals surface area contributed by atoms with Gasteiger partial charge in [0.15, 0.2) is 5.82 Å². The molecule has 2 rings (SSSR count). The third-order valence-corrected chi connectivity index (χ3v) is 3.32. The van der Waals surface area contributed by atoms with Crippen molar-refractivity contribution in [3.63, 3.8) is 0 Å². The number of aromatic nitrogens is 2. The van der Waals surface area contributed by atoms with Crippen LogP contribution in [0.25, 0.3) is 0 Å². The van der Waals surface area contributed by atoms with E-state index in [2.05, 4.69) is 15.0 Å². The lowest BCUT2D eigenvalue weighted by molar-refractivity contribution is 0.151. The molecule has 0 bridgehead atoms. The van der Waals surface area contributed by atoms with Crippen LogP contribution in [0.5, 0.6) is 0 Å². The minimum Gasteiger partial charge on any atom is -0.396 e. The van der Waals surface area contributed by atoms with Crippen LogP contribution >= 0.6 is 0 Å². The minimum absolute atomic E-state index is 0.268. The molecule has 2 heterocycles. The second-order valence-electron chi connectivity index (χ2n) is 4.67. The molecule has 1 N–H and O–H groups in total. The van der Waals surface area contributed by atoms with E-state index in [1.807, 2.05) is 0 Å². The Labute approximate surface area is 107 Å². The van der Waals surface area contributed by atoms with Crippen molar-refractivity contribution < 1.29 is 14.4 Å². The van der Waals surface area contributed by atoms with Crippen molar-refractivity contribution in [3.8, 4) is 0 Å². The number of aliphatic hydroxyl groups excluding tert-OH is 1. The van der Waals surface area contributed by atoms with Gasteiger partial charge in [0.1, 0.15) is 6.61 Å². The van der Waals surface area contributed by atoms with Gasteiger partial charge in [-0.3, -0.25) is 4.90 Å². The average molecular weight is 255 g/mol. The van der Waals surface area contributed by atoms with Gasteiger partial charge in [0, 0.05) is 19.8 Å². The maximum atomic E-state index is 8.89. The fourth-order valence-electron chi connectivity index (χ4n) is 2.48. The first-order chi connectivity index (χ1) is 8.83. The summed E-state index contributed by atoms with van der Waals surface area (Å²) < 4.78 is 10.0. The minimum atomic E-state index is 0.268. The van der Waals surface area contributed by atoms with Gasteiger partial charge in [-0.2, -0.15) is 4.98 Å². The third kappa shape index (κ3) is 3.51. The molecule has 0 saturated carbocycles. The number of hydrogen-bond donors (Lipinski definition) is 1. The number of ether oxygens (including phenoxy) is 1. The molecule has 1 atom stereocenters. The molecule has 0 aliphatic carbocycles. The van der Waals surface area contributed by atoms with Crippen molar-refractivity contribution in [2.75, 3.05) is 20.3 Å². The highest BCUT2D eigenvalue weighted by atomic mass is 16.5. The molecule has 18 heavy (non-hydrogen) atoms. The molecular formula is C12H21N3O3. The summed E-state index contributed by atoms with van der Waals surface area (Å²) >= 11 is 0. The van der Waals surface area contributed by atoms with Gasteiger partial charge < -0.3 is 14.4 Å². The maximum Gasteiger partial charge on any atom is 0.252 e. The van der Waals surface area contributed by atoms with Gasteiger partial charge in [0.25, 0.3) is 5.89 Å². The first kappa shape index (κ1) is 13.5. The van der Waals surface area contributed by atoms with Gasteiger partial charge >= 0.3 is 0 Å². The Morgan fingerprint density at radius 2 is 2.44 bits per heavy atom. The predicted molar refractivity (Wildman–Crippen MR) is 64.8 cm³/mol. The van der Waals surface area contributed by atoms with Crippen LogP contribution in [0.1, 0.15) is 37.4 Å². The molecule has 0 spiro atoms. The van der Waals surface area contributed by atoms with Crippen molar-refractivity contribution in [3.05, 3.63) is 11.7 Å². The summed E-state index contributed by atoms with van der Waals surface area (Å²) in [6.45, 7) is 2.43. The zero-order chi connectivity index (χ0) is 12.8. The van der Waals surface area contributed by atoms with E-state index in [4.69, 9.17) is 14.4 Å². The molecular weight excluding hydrogens is 234 g/mol. The monoisotopic (exact) mass is 255 g/mol. The Bertz CT molecular complexity index is 356. The summed E-state index contributed by atoms with van der Waals surface area (Å²) in [7, 11) is 1.61. The van der Waals surface area contributed by atoms with E-state index in [9.17, 15) is 0 Å². The van der Waals surface area contributed by atoms with Crippen molar-refractivity contribution in [1.82, 2.24) is 15.0 Å². The Kier molecular flexibility index (Phi) is 5.10. The predicted octanol–water partition coefficient (Wildman–Crippen LogP) is 0.953. The largest absolute Gasteiger partial charge is 0.396 e. The Balaban J connectivity index is 1.86. The lowest BCUT2D eigenvalue weighted by Crippen LogP contribution is -2.29. The highest BCUT2D eigenvalue weighted by Crippen LogP contribution is 2.22. The quantitative estimate of drug-likeness (QED) is 0.782. The summed E-state index contributed by atoms with van der Waals surface area (Å²) in [6, 6.07) is 0.543. The first-order valence-corrected chi connectivity index (χ1v) is 6.48. The van der Waals surface area contributed by atoms with Crippen LogP contribution in [0.15, 0.2) is 4.52 Å². The fourth-order valence-corrected chi connectivity index (χ4v) is 2.48. The average Bonchev–Trinajstić information content (AvgIpc) is 2.98. The smallest absolute Gasteiger partial charge is 0.252 e. The van der Waals surface area contributed by atoms with Crippen LogP contribution in [0.3, 0.4) is 0 Å². The van der Waals surface area contributed by atoms with Gasteiger partial charge in [-0.15, -0.1) is 0 Å². The van der Waals surface area contributed by atoms with E-state index in [-0.39, 0.29) is 6.61 Å². The standard InChI is InChI=1S/C12H21N3O3/c1-17-9-12-13-11(14-18-12)8-15-6-2-4-10(15)5-3-7-16/h10,16H,2-9H2,1H3. The van der Waals surface area contributed by atoms with Crippen LogP contribution < -0.4 is 0 Å². The molecule has 0 aromatic carbocycles. The molecule has 0 radical (unpaired) electrons. The van der Waals surface area contributed by atoms with Crippen molar-refractivity contribution in [1.29, 1.82) is 0 Å². The van der Waals surface area contributed by atoms with Crippen molar-refractivity contribution in [2.45, 2.75) is 44.9 Å². The third-order valence-electron chi connectivity index (χ3n) is 3.32. The summed E-state index contributed by atoms with van der Waals surface area (Å²) in [5.74, 6) is 1.25. The SMILES string of the molecule is COCc1nc(CN2CCCC2CCCO)no1. The maximum absolute atomic E-state index is 8.89. The Hall–Kier alpha value is -0.980. The molecule has 102 valence electrons. The highest BCUT2D eigenvalue weighted by molar-refractivity contribution is 4.89. The van der Waals surface area contributed by atoms with E-state index >= 15 is 0 Å². The summed E-state index contributed by atoms with van der Waals surface area (Å²) in [4.78, 5) is 6.66. The van der Waals surface area contributed by atoms with Crippen molar-refractivity contribution >= 4 is 0 Å². The number of nitrogens with zero attached hydrogens (tertiary/aromatic N) is 3. The Morgan fingerprint density at radius 1 is 1.56 bits per heavy atom. The topological polar surface area (TPSA) is 71.6 Å². The van der Waals surface area contributed by atoms with Crippen LogP contribution in [0, 0.1) is 0 Å². The summed E-state index contributed by atoms with van der Waals surface area (Å²) in [6.07, 6.45) is 4.31. The number of rotatable bonds is 7. The van der Waals surface area contributed by atoms with Gasteiger partial charge in [-0.25, -0.2) is 0 Å². The number of likely N-dealkylation sites (tertiary alicyclic amines) is 1. The molecule has 1 saturated heterocycles. The second-order valence-corrected chi connectivity index (χ2v) is 4.67. The molecule has 6 nitrogen and oxygen atoms in total. The summed E-state index contributed by atoms with van der Waals surface area (Å²) in [5, 5.41) is 12.8. The normalized spacial score (nSPS) is 20.7. The van der Waals surface area contributed by atoms with Crippen LogP contribution in [0.4, 0.5) is 0 Å². The van der Waals surface area contributed by atoms with E-state index in [0.29, 0.717) is 18.5 Å². The van der Waals surface area contributed by atoms with E-state index in [1.54, 1.807) is 7.11 Å². The molecule has 1 fully saturated rings. The van der Waals surface area contributed by atoms with E-state index in [1.165, 1.54) is 12.8 Å². The first-order valence-electron chi connectivity index (χ1n) is 6.48. The lowest BCUT2D eigenvalue weighted by atomic mass is 10.1. The molecule has 1 unspecified atom stereocenters. The molecule has 1 aliphatic heterocycles. The molecule has 1 aromatic heterocycles. The Morgan fingerprint density at radius 3 is 3.22 bits per heavy atom. The number of hydrogen-bond acceptors (Lipinski definition) is 6. The summed E-state index contributed by atoms with van der Waals surface area (Å²) in [5.41, 5.74) is 0. The highest BCUT2D eigenvalue weighted by Gasteiger charge is 2.25. The molecule has 1 aromatic rings. The van der Waals surface area contributed by atoms with Crippen LogP contribution in [-0.4, -0.2) is 46.5 Å². The van der Waals surface area contributed by atoms with Gasteiger partial charge in [0.2, 0.25) is 0 Å². The van der Waals surface area contributed by atoms with Gasteiger partial charge in [-0.05, 0) is 32.2 Å². The van der Waals surface area contributed by atoms with Crippen LogP contribution in [-0.2, 0) is 17.9 Å². The van der Waals surface area contributed by atoms with Crippen molar-refractivity contribution in [2.24, 2.45) is 0 Å². The fraction of sp³-hybridized carbons (Fsp3) is 0.833. The van der Waals surface area contributed by atoms with E-state index in [0.717, 1.165) is 31.8 Å².